The summed E-state index contributed by atoms with van der Waals surface area (Å²) in [5.74, 6) is 0. The molecule has 0 saturated carbocycles. The van der Waals surface area contributed by atoms with Crippen LogP contribution in [-0.4, -0.2) is 33.6 Å². The lowest BCUT2D eigenvalue weighted by molar-refractivity contribution is -0.141. The van der Waals surface area contributed by atoms with E-state index in [0.29, 0.717) is 16.8 Å². The van der Waals surface area contributed by atoms with Crippen molar-refractivity contribution in [3.8, 4) is 28.2 Å². The zero-order valence-electron chi connectivity index (χ0n) is 16.4. The molecule has 32 heavy (non-hydrogen) atoms. The van der Waals surface area contributed by atoms with Gasteiger partial charge in [0.25, 0.3) is 10.0 Å². The lowest BCUT2D eigenvalue weighted by Crippen LogP contribution is -2.19. The molecular formula is C20H16F3N5O3S. The summed E-state index contributed by atoms with van der Waals surface area (Å²) < 4.78 is 65.0. The van der Waals surface area contributed by atoms with Gasteiger partial charge in [0.05, 0.1) is 22.0 Å². The molecule has 2 heterocycles. The molecule has 8 nitrogen and oxygen atoms in total. The SMILES string of the molecule is Cc1ccc(-c2ccn[nH]2)cc1-c1cc(C(F)(F)F)nn1-c1ccc(S(=O)(=O)NO)cc1. The number of halogens is 3. The van der Waals surface area contributed by atoms with Crippen LogP contribution in [-0.2, 0) is 16.2 Å². The Hall–Kier alpha value is -3.48. The van der Waals surface area contributed by atoms with Crippen molar-refractivity contribution < 1.29 is 26.8 Å². The van der Waals surface area contributed by atoms with Gasteiger partial charge in [-0.25, -0.2) is 13.1 Å². The van der Waals surface area contributed by atoms with Crippen LogP contribution in [0.2, 0.25) is 0 Å². The molecule has 0 radical (unpaired) electrons. The van der Waals surface area contributed by atoms with Gasteiger partial charge in [-0.2, -0.15) is 23.4 Å². The number of hydrogen-bond acceptors (Lipinski definition) is 5. The predicted octanol–water partition coefficient (Wildman–Crippen LogP) is 3.92. The van der Waals surface area contributed by atoms with E-state index in [0.717, 1.165) is 28.4 Å². The fourth-order valence-electron chi connectivity index (χ4n) is 3.21. The van der Waals surface area contributed by atoms with E-state index < -0.39 is 21.9 Å². The summed E-state index contributed by atoms with van der Waals surface area (Å²) in [5.41, 5.74) is 1.93. The highest BCUT2D eigenvalue weighted by Crippen LogP contribution is 2.35. The van der Waals surface area contributed by atoms with Crippen LogP contribution >= 0.6 is 0 Å². The molecule has 0 bridgehead atoms. The van der Waals surface area contributed by atoms with Crippen LogP contribution in [0, 0.1) is 6.92 Å². The van der Waals surface area contributed by atoms with Gasteiger partial charge in [0.1, 0.15) is 0 Å². The maximum Gasteiger partial charge on any atom is 0.435 e. The zero-order chi connectivity index (χ0) is 23.1. The van der Waals surface area contributed by atoms with Crippen molar-refractivity contribution in [2.24, 2.45) is 0 Å². The summed E-state index contributed by atoms with van der Waals surface area (Å²) in [6.07, 6.45) is -3.11. The van der Waals surface area contributed by atoms with Crippen molar-refractivity contribution in [1.29, 1.82) is 0 Å². The normalized spacial score (nSPS) is 12.3. The van der Waals surface area contributed by atoms with E-state index in [4.69, 9.17) is 5.21 Å². The van der Waals surface area contributed by atoms with Gasteiger partial charge >= 0.3 is 6.18 Å². The minimum Gasteiger partial charge on any atom is -0.302 e. The average molecular weight is 463 g/mol. The first-order chi connectivity index (χ1) is 15.1. The minimum absolute atomic E-state index is 0.173. The highest BCUT2D eigenvalue weighted by atomic mass is 32.2. The first-order valence-corrected chi connectivity index (χ1v) is 10.6. The van der Waals surface area contributed by atoms with E-state index in [1.807, 2.05) is 6.07 Å². The Balaban J connectivity index is 1.89. The fraction of sp³-hybridized carbons (Fsp3) is 0.100. The van der Waals surface area contributed by atoms with E-state index in [1.54, 1.807) is 31.3 Å². The molecule has 0 spiro atoms. The Bertz CT molecular complexity index is 1360. The largest absolute Gasteiger partial charge is 0.435 e. The summed E-state index contributed by atoms with van der Waals surface area (Å²) in [7, 11) is -4.13. The molecular weight excluding hydrogens is 447 g/mol. The maximum absolute atomic E-state index is 13.5. The predicted molar refractivity (Wildman–Crippen MR) is 108 cm³/mol. The molecule has 0 aliphatic heterocycles. The second-order valence-corrected chi connectivity index (χ2v) is 8.57. The van der Waals surface area contributed by atoms with Crippen molar-refractivity contribution in [1.82, 2.24) is 24.9 Å². The third kappa shape index (κ3) is 4.02. The molecule has 0 unspecified atom stereocenters. The lowest BCUT2D eigenvalue weighted by Gasteiger charge is -2.12. The van der Waals surface area contributed by atoms with Gasteiger partial charge in [0.2, 0.25) is 0 Å². The van der Waals surface area contributed by atoms with Gasteiger partial charge in [0, 0.05) is 17.3 Å². The molecule has 0 amide bonds. The summed E-state index contributed by atoms with van der Waals surface area (Å²) in [4.78, 5) is 0.940. The summed E-state index contributed by atoms with van der Waals surface area (Å²) in [5, 5.41) is 19.2. The monoisotopic (exact) mass is 463 g/mol. The molecule has 4 aromatic rings. The Labute approximate surface area is 180 Å². The van der Waals surface area contributed by atoms with E-state index in [-0.39, 0.29) is 16.3 Å². The van der Waals surface area contributed by atoms with Gasteiger partial charge < -0.3 is 5.21 Å². The minimum atomic E-state index is -4.68. The fourth-order valence-corrected chi connectivity index (χ4v) is 3.81. The molecule has 0 fully saturated rings. The topological polar surface area (TPSA) is 113 Å². The Kier molecular flexibility index (Phi) is 5.36. The number of nitrogens with zero attached hydrogens (tertiary/aromatic N) is 3. The smallest absolute Gasteiger partial charge is 0.302 e. The van der Waals surface area contributed by atoms with Crippen LogP contribution in [0.4, 0.5) is 13.2 Å². The molecule has 0 aliphatic carbocycles. The Morgan fingerprint density at radius 3 is 2.38 bits per heavy atom. The Morgan fingerprint density at radius 2 is 1.78 bits per heavy atom. The van der Waals surface area contributed by atoms with Crippen molar-refractivity contribution in [3.63, 3.8) is 0 Å². The number of hydrogen-bond donors (Lipinski definition) is 3. The summed E-state index contributed by atoms with van der Waals surface area (Å²) in [6.45, 7) is 1.76. The van der Waals surface area contributed by atoms with Crippen LogP contribution in [0.3, 0.4) is 0 Å². The van der Waals surface area contributed by atoms with Crippen LogP contribution < -0.4 is 4.89 Å². The third-order valence-corrected chi connectivity index (χ3v) is 5.97. The first-order valence-electron chi connectivity index (χ1n) is 9.14. The van der Waals surface area contributed by atoms with Crippen LogP contribution in [0.1, 0.15) is 11.3 Å². The molecule has 166 valence electrons. The lowest BCUT2D eigenvalue weighted by atomic mass is 10.0. The molecule has 0 saturated heterocycles. The third-order valence-electron chi connectivity index (χ3n) is 4.84. The molecule has 2 aromatic carbocycles. The molecule has 4 rings (SSSR count). The Morgan fingerprint density at radius 1 is 1.06 bits per heavy atom. The molecule has 12 heteroatoms. The average Bonchev–Trinajstić information content (AvgIpc) is 3.44. The highest BCUT2D eigenvalue weighted by molar-refractivity contribution is 7.89. The zero-order valence-corrected chi connectivity index (χ0v) is 17.2. The number of H-pyrrole nitrogens is 1. The number of nitrogens with one attached hydrogen (secondary N) is 2. The van der Waals surface area contributed by atoms with Gasteiger partial charge in [0.15, 0.2) is 5.69 Å². The van der Waals surface area contributed by atoms with E-state index in [9.17, 15) is 21.6 Å². The van der Waals surface area contributed by atoms with Crippen LogP contribution in [0.15, 0.2) is 65.7 Å². The summed E-state index contributed by atoms with van der Waals surface area (Å²) >= 11 is 0. The van der Waals surface area contributed by atoms with Crippen molar-refractivity contribution in [2.75, 3.05) is 0 Å². The number of aromatic amines is 1. The van der Waals surface area contributed by atoms with Gasteiger partial charge in [-0.1, -0.05) is 17.0 Å². The first kappa shape index (κ1) is 21.7. The number of aryl methyl sites for hydroxylation is 1. The summed E-state index contributed by atoms with van der Waals surface area (Å²) in [6, 6.07) is 12.9. The number of rotatable bonds is 5. The number of aromatic nitrogens is 4. The quantitative estimate of drug-likeness (QED) is 0.388. The van der Waals surface area contributed by atoms with E-state index in [2.05, 4.69) is 15.3 Å². The maximum atomic E-state index is 13.5. The van der Waals surface area contributed by atoms with Crippen LogP contribution in [0.5, 0.6) is 0 Å². The molecule has 3 N–H and O–H groups in total. The molecule has 0 aliphatic rings. The number of sulfonamides is 1. The van der Waals surface area contributed by atoms with Crippen molar-refractivity contribution in [3.05, 3.63) is 72.1 Å². The van der Waals surface area contributed by atoms with Crippen LogP contribution in [0.25, 0.3) is 28.2 Å². The van der Waals surface area contributed by atoms with E-state index in [1.165, 1.54) is 17.0 Å². The van der Waals surface area contributed by atoms with Gasteiger partial charge in [-0.3, -0.25) is 5.10 Å². The van der Waals surface area contributed by atoms with Gasteiger partial charge in [-0.15, -0.1) is 0 Å². The molecule has 0 atom stereocenters. The second-order valence-electron chi connectivity index (χ2n) is 6.91. The van der Waals surface area contributed by atoms with Crippen molar-refractivity contribution >= 4 is 10.0 Å². The number of benzene rings is 2. The standard InChI is InChI=1S/C20H16F3N5O3S/c1-12-2-3-13(17-8-9-24-25-17)10-16(12)18-11-19(20(21,22)23)26-28(18)14-4-6-15(7-5-14)32(30,31)27-29/h2-11,27,29H,1H3,(H,24,25). The van der Waals surface area contributed by atoms with E-state index >= 15 is 0 Å². The molecule has 2 aromatic heterocycles. The van der Waals surface area contributed by atoms with Crippen molar-refractivity contribution in [2.45, 2.75) is 18.0 Å². The second kappa shape index (κ2) is 7.89. The number of alkyl halides is 3. The highest BCUT2D eigenvalue weighted by Gasteiger charge is 2.35. The van der Waals surface area contributed by atoms with Gasteiger partial charge in [-0.05, 0) is 55.0 Å².